The minimum Gasteiger partial charge on any atom is -0.504 e. The van der Waals surface area contributed by atoms with E-state index < -0.39 is 0 Å². The van der Waals surface area contributed by atoms with Gasteiger partial charge in [-0.05, 0) is 43.9 Å². The van der Waals surface area contributed by atoms with Gasteiger partial charge in [-0.2, -0.15) is 0 Å². The molecule has 26 heavy (non-hydrogen) atoms. The van der Waals surface area contributed by atoms with E-state index in [-0.39, 0.29) is 22.9 Å². The molecular weight excluding hydrogens is 332 g/mol. The molecule has 3 heterocycles. The van der Waals surface area contributed by atoms with Crippen molar-refractivity contribution in [3.8, 4) is 5.75 Å². The van der Waals surface area contributed by atoms with Crippen LogP contribution in [0.5, 0.6) is 5.75 Å². The number of nitrogens with zero attached hydrogens (tertiary/aromatic N) is 4. The predicted octanol–water partition coefficient (Wildman–Crippen LogP) is 1.09. The fourth-order valence-corrected chi connectivity index (χ4v) is 4.47. The van der Waals surface area contributed by atoms with Gasteiger partial charge in [0.05, 0.1) is 5.69 Å². The fraction of sp³-hybridized carbons (Fsp3) is 0.526. The van der Waals surface area contributed by atoms with Crippen LogP contribution in [-0.4, -0.2) is 56.9 Å². The smallest absolute Gasteiger partial charge is 0.258 e. The van der Waals surface area contributed by atoms with Crippen molar-refractivity contribution in [2.24, 2.45) is 11.8 Å². The minimum absolute atomic E-state index is 0.00235. The summed E-state index contributed by atoms with van der Waals surface area (Å²) < 4.78 is 1.35. The lowest BCUT2D eigenvalue weighted by Crippen LogP contribution is -2.39. The van der Waals surface area contributed by atoms with E-state index in [9.17, 15) is 14.7 Å². The minimum atomic E-state index is -0.193. The molecule has 1 amide bonds. The van der Waals surface area contributed by atoms with Gasteiger partial charge in [-0.25, -0.2) is 4.98 Å². The Morgan fingerprint density at radius 1 is 1.31 bits per heavy atom. The molecule has 0 spiro atoms. The molecule has 7 heteroatoms. The zero-order valence-corrected chi connectivity index (χ0v) is 15.1. The molecule has 0 bridgehead atoms. The van der Waals surface area contributed by atoms with Gasteiger partial charge >= 0.3 is 0 Å². The van der Waals surface area contributed by atoms with Crippen LogP contribution in [-0.2, 0) is 11.3 Å². The van der Waals surface area contributed by atoms with Crippen molar-refractivity contribution < 1.29 is 9.90 Å². The Morgan fingerprint density at radius 3 is 2.88 bits per heavy atom. The van der Waals surface area contributed by atoms with Crippen LogP contribution in [0.15, 0.2) is 29.2 Å². The third-order valence-electron chi connectivity index (χ3n) is 5.95. The monoisotopic (exact) mass is 356 g/mol. The number of hydrogen-bond donors (Lipinski definition) is 1. The molecule has 138 valence electrons. The second kappa shape index (κ2) is 6.39. The SMILES string of the molecule is CN1C[C@H]2C[C@@H](N(C)Cc3cc(=O)n4cccc(O)c4n3)C[C@H]2CC1=O. The molecule has 0 unspecified atom stereocenters. The van der Waals surface area contributed by atoms with Gasteiger partial charge in [-0.1, -0.05) is 0 Å². The predicted molar refractivity (Wildman–Crippen MR) is 96.8 cm³/mol. The number of hydrogen-bond acceptors (Lipinski definition) is 5. The third-order valence-corrected chi connectivity index (χ3v) is 5.95. The molecule has 7 nitrogen and oxygen atoms in total. The van der Waals surface area contributed by atoms with Crippen molar-refractivity contribution in [2.75, 3.05) is 20.6 Å². The maximum atomic E-state index is 12.3. The normalized spacial score (nSPS) is 25.9. The van der Waals surface area contributed by atoms with Crippen molar-refractivity contribution >= 4 is 11.6 Å². The van der Waals surface area contributed by atoms with Crippen LogP contribution in [0.3, 0.4) is 0 Å². The summed E-state index contributed by atoms with van der Waals surface area (Å²) >= 11 is 0. The Bertz CT molecular complexity index is 909. The molecule has 2 aromatic heterocycles. The second-order valence-electron chi connectivity index (χ2n) is 7.71. The topological polar surface area (TPSA) is 78.2 Å². The van der Waals surface area contributed by atoms with E-state index in [0.717, 1.165) is 19.4 Å². The summed E-state index contributed by atoms with van der Waals surface area (Å²) in [5, 5.41) is 9.98. The number of piperidine rings is 1. The van der Waals surface area contributed by atoms with Crippen molar-refractivity contribution in [1.82, 2.24) is 19.2 Å². The number of amides is 1. The van der Waals surface area contributed by atoms with Gasteiger partial charge < -0.3 is 10.0 Å². The van der Waals surface area contributed by atoms with E-state index in [0.29, 0.717) is 36.5 Å². The van der Waals surface area contributed by atoms with Crippen LogP contribution in [0.1, 0.15) is 25.0 Å². The van der Waals surface area contributed by atoms with Gasteiger partial charge in [0.1, 0.15) is 0 Å². The highest BCUT2D eigenvalue weighted by molar-refractivity contribution is 5.77. The van der Waals surface area contributed by atoms with Gasteiger partial charge in [-0.3, -0.25) is 18.9 Å². The van der Waals surface area contributed by atoms with Crippen molar-refractivity contribution in [3.63, 3.8) is 0 Å². The zero-order chi connectivity index (χ0) is 18.4. The Hall–Kier alpha value is -2.41. The largest absolute Gasteiger partial charge is 0.504 e. The number of fused-ring (bicyclic) bond motifs is 2. The lowest BCUT2D eigenvalue weighted by Gasteiger charge is -2.31. The maximum absolute atomic E-state index is 12.3. The molecule has 1 aliphatic carbocycles. The lowest BCUT2D eigenvalue weighted by molar-refractivity contribution is -0.134. The highest BCUT2D eigenvalue weighted by Crippen LogP contribution is 2.40. The lowest BCUT2D eigenvalue weighted by atomic mass is 9.88. The van der Waals surface area contributed by atoms with Crippen molar-refractivity contribution in [2.45, 2.75) is 31.8 Å². The average molecular weight is 356 g/mol. The molecule has 1 saturated carbocycles. The van der Waals surface area contributed by atoms with Gasteiger partial charge in [0.25, 0.3) is 5.56 Å². The molecule has 0 aromatic carbocycles. The summed E-state index contributed by atoms with van der Waals surface area (Å²) in [6.45, 7) is 1.39. The average Bonchev–Trinajstić information content (AvgIpc) is 2.99. The van der Waals surface area contributed by atoms with Crippen LogP contribution in [0.4, 0.5) is 0 Å². The summed E-state index contributed by atoms with van der Waals surface area (Å²) in [6.07, 6.45) is 4.33. The van der Waals surface area contributed by atoms with E-state index >= 15 is 0 Å². The summed E-state index contributed by atoms with van der Waals surface area (Å²) in [7, 11) is 3.93. The summed E-state index contributed by atoms with van der Waals surface area (Å²) in [5.74, 6) is 1.27. The standard InChI is InChI=1S/C19H24N4O3/c1-21(15-6-12-8-17(25)22(2)10-13(12)7-15)11-14-9-18(26)23-5-3-4-16(24)19(23)20-14/h3-5,9,12-13,15,24H,6-8,10-11H2,1-2H3/t12-,13+,15-/m0/s1. The van der Waals surface area contributed by atoms with E-state index in [2.05, 4.69) is 9.88 Å². The quantitative estimate of drug-likeness (QED) is 0.891. The maximum Gasteiger partial charge on any atom is 0.258 e. The molecule has 2 aromatic rings. The van der Waals surface area contributed by atoms with Crippen LogP contribution >= 0.6 is 0 Å². The van der Waals surface area contributed by atoms with Crippen molar-refractivity contribution in [3.05, 3.63) is 40.4 Å². The first-order chi connectivity index (χ1) is 12.4. The highest BCUT2D eigenvalue weighted by atomic mass is 16.3. The van der Waals surface area contributed by atoms with Gasteiger partial charge in [0.15, 0.2) is 11.4 Å². The molecular formula is C19H24N4O3. The first kappa shape index (κ1) is 17.0. The number of rotatable bonds is 3. The van der Waals surface area contributed by atoms with Crippen molar-refractivity contribution in [1.29, 1.82) is 0 Å². The number of pyridine rings is 1. The second-order valence-corrected chi connectivity index (χ2v) is 7.71. The van der Waals surface area contributed by atoms with Gasteiger partial charge in [0.2, 0.25) is 5.91 Å². The Balaban J connectivity index is 1.51. The van der Waals surface area contributed by atoms with E-state index in [4.69, 9.17) is 0 Å². The molecule has 3 atom stereocenters. The van der Waals surface area contributed by atoms with E-state index in [1.165, 1.54) is 16.5 Å². The molecule has 2 fully saturated rings. The van der Waals surface area contributed by atoms with E-state index in [1.54, 1.807) is 12.3 Å². The molecule has 0 radical (unpaired) electrons. The molecule has 4 rings (SSSR count). The number of carbonyl (C=O) groups is 1. The molecule has 1 saturated heterocycles. The van der Waals surface area contributed by atoms with Crippen LogP contribution in [0.2, 0.25) is 0 Å². The molecule has 1 aliphatic heterocycles. The van der Waals surface area contributed by atoms with Crippen LogP contribution in [0.25, 0.3) is 5.65 Å². The number of likely N-dealkylation sites (tertiary alicyclic amines) is 1. The summed E-state index contributed by atoms with van der Waals surface area (Å²) in [4.78, 5) is 32.8. The van der Waals surface area contributed by atoms with Gasteiger partial charge in [-0.15, -0.1) is 0 Å². The van der Waals surface area contributed by atoms with Crippen LogP contribution in [0, 0.1) is 11.8 Å². The Labute approximate surface area is 151 Å². The first-order valence-corrected chi connectivity index (χ1v) is 9.07. The van der Waals surface area contributed by atoms with Gasteiger partial charge in [0, 0.05) is 44.9 Å². The number of carbonyl (C=O) groups excluding carboxylic acids is 1. The molecule has 2 aliphatic rings. The summed E-state index contributed by atoms with van der Waals surface area (Å²) in [6, 6.07) is 5.07. The summed E-state index contributed by atoms with van der Waals surface area (Å²) in [5.41, 5.74) is 0.749. The number of aromatic hydroxyl groups is 1. The zero-order valence-electron chi connectivity index (χ0n) is 15.1. The highest BCUT2D eigenvalue weighted by Gasteiger charge is 2.41. The van der Waals surface area contributed by atoms with E-state index in [1.807, 2.05) is 19.0 Å². The Morgan fingerprint density at radius 2 is 2.08 bits per heavy atom. The molecule has 1 N–H and O–H groups in total. The van der Waals surface area contributed by atoms with Crippen LogP contribution < -0.4 is 5.56 Å². The number of aromatic nitrogens is 2. The third kappa shape index (κ3) is 2.96. The Kier molecular flexibility index (Phi) is 4.19. The first-order valence-electron chi connectivity index (χ1n) is 9.07. The fourth-order valence-electron chi connectivity index (χ4n) is 4.47.